The molecule has 15 heteroatoms. The van der Waals surface area contributed by atoms with Gasteiger partial charge in [-0.05, 0) is 49.2 Å². The average molecular weight is 585 g/mol. The molecule has 210 valence electrons. The molecule has 1 heterocycles. The van der Waals surface area contributed by atoms with Gasteiger partial charge < -0.3 is 29.5 Å². The number of benzene rings is 2. The Kier molecular flexibility index (Phi) is 10.8. The van der Waals surface area contributed by atoms with Gasteiger partial charge in [-0.2, -0.15) is 0 Å². The first-order valence-corrected chi connectivity index (χ1v) is 13.5. The Morgan fingerprint density at radius 1 is 1.21 bits per heavy atom. The minimum absolute atomic E-state index is 0.0622. The number of cyclic esters (lactones) is 1. The van der Waals surface area contributed by atoms with Crippen LogP contribution in [0.2, 0.25) is 5.02 Å². The second kappa shape index (κ2) is 14.0. The van der Waals surface area contributed by atoms with Crippen molar-refractivity contribution in [2.24, 2.45) is 0 Å². The van der Waals surface area contributed by atoms with Crippen molar-refractivity contribution in [1.29, 1.82) is 0 Å². The van der Waals surface area contributed by atoms with E-state index in [1.165, 1.54) is 41.3 Å². The molecule has 2 aromatic rings. The first-order valence-electron chi connectivity index (χ1n) is 11.7. The van der Waals surface area contributed by atoms with Crippen molar-refractivity contribution in [3.63, 3.8) is 0 Å². The lowest BCUT2D eigenvalue weighted by atomic mass is 10.0. The SMILES string of the molecule is CN(CCCC1OC(=O)Nc2ccc(Cl)c(F)c21)C(=O)CNC(=O)c1ccc(NC(=O)OCCP(O)O)cc1. The Morgan fingerprint density at radius 3 is 2.62 bits per heavy atom. The molecule has 0 radical (unpaired) electrons. The molecule has 0 aliphatic carbocycles. The molecular weight excluding hydrogens is 558 g/mol. The van der Waals surface area contributed by atoms with Crippen LogP contribution in [0.4, 0.5) is 25.4 Å². The molecule has 12 nitrogen and oxygen atoms in total. The number of hydrogen-bond acceptors (Lipinski definition) is 8. The van der Waals surface area contributed by atoms with E-state index in [-0.39, 0.29) is 60.0 Å². The third kappa shape index (κ3) is 8.75. The van der Waals surface area contributed by atoms with Crippen LogP contribution in [0.1, 0.15) is 34.9 Å². The molecular formula is C24H27ClFN4O8P. The van der Waals surface area contributed by atoms with E-state index in [0.29, 0.717) is 12.1 Å². The van der Waals surface area contributed by atoms with Gasteiger partial charge in [-0.3, -0.25) is 20.2 Å². The Morgan fingerprint density at radius 2 is 1.92 bits per heavy atom. The second-order valence-electron chi connectivity index (χ2n) is 8.42. The number of carbonyl (C=O) groups excluding carboxylic acids is 4. The molecule has 2 aromatic carbocycles. The normalized spacial score (nSPS) is 14.1. The van der Waals surface area contributed by atoms with Gasteiger partial charge in [0.25, 0.3) is 5.91 Å². The van der Waals surface area contributed by atoms with Crippen LogP contribution in [0, 0.1) is 5.82 Å². The summed E-state index contributed by atoms with van der Waals surface area (Å²) >= 11 is 5.87. The first kappa shape index (κ1) is 30.0. The zero-order valence-corrected chi connectivity index (χ0v) is 22.4. The van der Waals surface area contributed by atoms with Crippen LogP contribution in [0.5, 0.6) is 0 Å². The number of likely N-dealkylation sites (N-methyl/N-ethyl adjacent to an activating group) is 1. The Bertz CT molecular complexity index is 1220. The largest absolute Gasteiger partial charge is 0.449 e. The van der Waals surface area contributed by atoms with Gasteiger partial charge in [-0.15, -0.1) is 0 Å². The lowest BCUT2D eigenvalue weighted by Gasteiger charge is -2.27. The van der Waals surface area contributed by atoms with Gasteiger partial charge in [-0.1, -0.05) is 11.6 Å². The number of ether oxygens (including phenoxy) is 2. The van der Waals surface area contributed by atoms with E-state index < -0.39 is 38.4 Å². The molecule has 0 aromatic heterocycles. The minimum atomic E-state index is -2.14. The average Bonchev–Trinajstić information content (AvgIpc) is 2.89. The van der Waals surface area contributed by atoms with Crippen molar-refractivity contribution in [2.75, 3.05) is 43.5 Å². The third-order valence-corrected chi connectivity index (χ3v) is 6.52. The Labute approximate surface area is 229 Å². The summed E-state index contributed by atoms with van der Waals surface area (Å²) in [6.07, 6.45) is -1.77. The van der Waals surface area contributed by atoms with Crippen LogP contribution < -0.4 is 16.0 Å². The van der Waals surface area contributed by atoms with Gasteiger partial charge >= 0.3 is 12.2 Å². The summed E-state index contributed by atoms with van der Waals surface area (Å²) in [6.45, 7) is -0.155. The number of fused-ring (bicyclic) bond motifs is 1. The number of hydrogen-bond donors (Lipinski definition) is 5. The molecule has 1 unspecified atom stereocenters. The van der Waals surface area contributed by atoms with Gasteiger partial charge in [0.2, 0.25) is 5.91 Å². The van der Waals surface area contributed by atoms with Gasteiger partial charge in [-0.25, -0.2) is 14.0 Å². The number of anilines is 2. The summed E-state index contributed by atoms with van der Waals surface area (Å²) in [5.74, 6) is -1.54. The number of nitrogens with one attached hydrogen (secondary N) is 3. The molecule has 3 rings (SSSR count). The highest BCUT2D eigenvalue weighted by atomic mass is 35.5. The lowest BCUT2D eigenvalue weighted by molar-refractivity contribution is -0.128. The van der Waals surface area contributed by atoms with E-state index in [1.54, 1.807) is 7.05 Å². The molecule has 0 fully saturated rings. The van der Waals surface area contributed by atoms with E-state index in [2.05, 4.69) is 16.0 Å². The van der Waals surface area contributed by atoms with Crippen molar-refractivity contribution >= 4 is 55.4 Å². The molecule has 0 saturated carbocycles. The van der Waals surface area contributed by atoms with Gasteiger partial charge in [0.1, 0.15) is 12.7 Å². The fourth-order valence-corrected chi connectivity index (χ4v) is 4.05. The molecule has 0 bridgehead atoms. The summed E-state index contributed by atoms with van der Waals surface area (Å²) in [7, 11) is -0.593. The van der Waals surface area contributed by atoms with Crippen molar-refractivity contribution in [3.05, 3.63) is 58.4 Å². The van der Waals surface area contributed by atoms with Gasteiger partial charge in [0.05, 0.1) is 29.0 Å². The first-order chi connectivity index (χ1) is 18.5. The summed E-state index contributed by atoms with van der Waals surface area (Å²) in [5.41, 5.74) is 1.05. The zero-order chi connectivity index (χ0) is 28.5. The Balaban J connectivity index is 1.42. The van der Waals surface area contributed by atoms with Crippen LogP contribution in [0.25, 0.3) is 0 Å². The highest BCUT2D eigenvalue weighted by molar-refractivity contribution is 7.45. The summed E-state index contributed by atoms with van der Waals surface area (Å²) in [6, 6.07) is 8.68. The maximum absolute atomic E-state index is 14.5. The van der Waals surface area contributed by atoms with Crippen LogP contribution in [-0.2, 0) is 14.3 Å². The smallest absolute Gasteiger partial charge is 0.412 e. The molecule has 1 aliphatic rings. The monoisotopic (exact) mass is 584 g/mol. The number of carbonyl (C=O) groups is 4. The van der Waals surface area contributed by atoms with Crippen molar-refractivity contribution < 1.29 is 42.8 Å². The predicted octanol–water partition coefficient (Wildman–Crippen LogP) is 3.60. The minimum Gasteiger partial charge on any atom is -0.449 e. The van der Waals surface area contributed by atoms with E-state index in [9.17, 15) is 23.6 Å². The number of amides is 4. The van der Waals surface area contributed by atoms with Crippen molar-refractivity contribution in [1.82, 2.24) is 10.2 Å². The van der Waals surface area contributed by atoms with Crippen molar-refractivity contribution in [2.45, 2.75) is 18.9 Å². The van der Waals surface area contributed by atoms with Crippen LogP contribution in [0.3, 0.4) is 0 Å². The second-order valence-corrected chi connectivity index (χ2v) is 10.0. The topological polar surface area (TPSA) is 167 Å². The molecule has 1 atom stereocenters. The highest BCUT2D eigenvalue weighted by Crippen LogP contribution is 2.38. The van der Waals surface area contributed by atoms with E-state index in [0.717, 1.165) is 0 Å². The zero-order valence-electron chi connectivity index (χ0n) is 20.8. The molecule has 39 heavy (non-hydrogen) atoms. The predicted molar refractivity (Wildman–Crippen MR) is 141 cm³/mol. The summed E-state index contributed by atoms with van der Waals surface area (Å²) in [5, 5.41) is 7.30. The standard InChI is InChI=1S/C24H27ClFN4O8P/c1-30(10-2-3-18-20-17(29-24(34)38-18)9-8-16(25)21(20)26)19(31)13-27-22(32)14-4-6-15(7-5-14)28-23(33)37-11-12-39(35)36/h4-9,18,35-36H,2-3,10-13H2,1H3,(H,27,32)(H,28,33)(H,29,34). The number of nitrogens with zero attached hydrogens (tertiary/aromatic N) is 1. The summed E-state index contributed by atoms with van der Waals surface area (Å²) in [4.78, 5) is 67.3. The molecule has 1 aliphatic heterocycles. The Hall–Kier alpha value is -3.51. The van der Waals surface area contributed by atoms with Crippen molar-refractivity contribution in [3.8, 4) is 0 Å². The molecule has 4 amide bonds. The molecule has 0 spiro atoms. The maximum atomic E-state index is 14.5. The van der Waals surface area contributed by atoms with E-state index in [4.69, 9.17) is 30.9 Å². The maximum Gasteiger partial charge on any atom is 0.412 e. The fraction of sp³-hybridized carbons (Fsp3) is 0.333. The van der Waals surface area contributed by atoms with E-state index in [1.807, 2.05) is 0 Å². The van der Waals surface area contributed by atoms with E-state index >= 15 is 0 Å². The highest BCUT2D eigenvalue weighted by Gasteiger charge is 2.30. The molecule has 0 saturated heterocycles. The number of halogens is 2. The van der Waals surface area contributed by atoms with Crippen LogP contribution in [0.15, 0.2) is 36.4 Å². The van der Waals surface area contributed by atoms with Gasteiger partial charge in [0, 0.05) is 24.8 Å². The lowest BCUT2D eigenvalue weighted by Crippen LogP contribution is -2.38. The fourth-order valence-electron chi connectivity index (χ4n) is 3.63. The third-order valence-electron chi connectivity index (χ3n) is 5.64. The summed E-state index contributed by atoms with van der Waals surface area (Å²) < 4.78 is 24.5. The van der Waals surface area contributed by atoms with Crippen LogP contribution >= 0.6 is 20.0 Å². The van der Waals surface area contributed by atoms with Gasteiger partial charge in [0.15, 0.2) is 14.2 Å². The quantitative estimate of drug-likeness (QED) is 0.250. The number of rotatable bonds is 11. The van der Waals surface area contributed by atoms with Crippen LogP contribution in [-0.4, -0.2) is 71.6 Å². The molecule has 5 N–H and O–H groups in total.